The summed E-state index contributed by atoms with van der Waals surface area (Å²) in [6, 6.07) is 13.0. The smallest absolute Gasteiger partial charge is 0.311 e. The normalized spacial score (nSPS) is 11.9. The van der Waals surface area contributed by atoms with E-state index in [1.165, 1.54) is 30.2 Å². The van der Waals surface area contributed by atoms with Crippen LogP contribution in [0.4, 0.5) is 5.69 Å². The molecule has 0 aliphatic carbocycles. The predicted molar refractivity (Wildman–Crippen MR) is 124 cm³/mol. The standard InChI is InChI=1S/C24H31N3O6/c1-17(23(29)25-24(2,3)4)26(14-13-18-9-7-6-8-10-18)22(28)16-33-19-11-12-20(27(30)31)21(15-19)32-5/h6-12,15,17H,13-14,16H2,1-5H3,(H,25,29)/t17-/m0/s1. The molecule has 9 heteroatoms. The number of carbonyl (C=O) groups excluding carboxylic acids is 2. The van der Waals surface area contributed by atoms with Crippen molar-refractivity contribution >= 4 is 17.5 Å². The lowest BCUT2D eigenvalue weighted by atomic mass is 10.1. The fourth-order valence-corrected chi connectivity index (χ4v) is 3.17. The molecular formula is C24H31N3O6. The van der Waals surface area contributed by atoms with Crippen molar-refractivity contribution in [3.63, 3.8) is 0 Å². The van der Waals surface area contributed by atoms with Gasteiger partial charge in [-0.2, -0.15) is 0 Å². The van der Waals surface area contributed by atoms with Crippen molar-refractivity contribution in [2.45, 2.75) is 45.7 Å². The van der Waals surface area contributed by atoms with Crippen LogP contribution < -0.4 is 14.8 Å². The molecule has 0 saturated carbocycles. The van der Waals surface area contributed by atoms with Crippen LogP contribution in [0.1, 0.15) is 33.3 Å². The Morgan fingerprint density at radius 2 is 1.82 bits per heavy atom. The number of nitrogens with zero attached hydrogens (tertiary/aromatic N) is 2. The number of amides is 2. The van der Waals surface area contributed by atoms with Crippen LogP contribution in [0.25, 0.3) is 0 Å². The lowest BCUT2D eigenvalue weighted by Crippen LogP contribution is -2.53. The highest BCUT2D eigenvalue weighted by molar-refractivity contribution is 5.88. The average molecular weight is 458 g/mol. The lowest BCUT2D eigenvalue weighted by molar-refractivity contribution is -0.385. The number of carbonyl (C=O) groups is 2. The van der Waals surface area contributed by atoms with E-state index in [1.54, 1.807) is 6.92 Å². The zero-order valence-corrected chi connectivity index (χ0v) is 19.7. The second-order valence-electron chi connectivity index (χ2n) is 8.62. The third-order valence-corrected chi connectivity index (χ3v) is 4.86. The van der Waals surface area contributed by atoms with Gasteiger partial charge in [0.05, 0.1) is 12.0 Å². The minimum atomic E-state index is -0.713. The van der Waals surface area contributed by atoms with E-state index in [4.69, 9.17) is 9.47 Å². The van der Waals surface area contributed by atoms with Crippen LogP contribution in [0.2, 0.25) is 0 Å². The third-order valence-electron chi connectivity index (χ3n) is 4.86. The molecule has 33 heavy (non-hydrogen) atoms. The number of hydrogen-bond acceptors (Lipinski definition) is 6. The van der Waals surface area contributed by atoms with Crippen LogP contribution in [0.3, 0.4) is 0 Å². The maximum Gasteiger partial charge on any atom is 0.311 e. The van der Waals surface area contributed by atoms with Crippen LogP contribution in [-0.4, -0.2) is 53.5 Å². The van der Waals surface area contributed by atoms with Crippen molar-refractivity contribution in [1.29, 1.82) is 0 Å². The molecule has 0 saturated heterocycles. The van der Waals surface area contributed by atoms with Crippen molar-refractivity contribution in [1.82, 2.24) is 10.2 Å². The monoisotopic (exact) mass is 457 g/mol. The third kappa shape index (κ3) is 7.78. The number of nitro benzene ring substituents is 1. The van der Waals surface area contributed by atoms with Gasteiger partial charge >= 0.3 is 5.69 Å². The average Bonchev–Trinajstić information content (AvgIpc) is 2.76. The van der Waals surface area contributed by atoms with Gasteiger partial charge in [-0.05, 0) is 45.7 Å². The fraction of sp³-hybridized carbons (Fsp3) is 0.417. The SMILES string of the molecule is COc1cc(OCC(=O)N(CCc2ccccc2)[C@@H](C)C(=O)NC(C)(C)C)ccc1[N+](=O)[O-]. The van der Waals surface area contributed by atoms with E-state index in [0.29, 0.717) is 13.0 Å². The summed E-state index contributed by atoms with van der Waals surface area (Å²) in [4.78, 5) is 37.8. The summed E-state index contributed by atoms with van der Waals surface area (Å²) in [5, 5.41) is 14.0. The van der Waals surface area contributed by atoms with Gasteiger partial charge in [0.1, 0.15) is 11.8 Å². The molecule has 1 atom stereocenters. The number of methoxy groups -OCH3 is 1. The Balaban J connectivity index is 2.14. The number of benzene rings is 2. The Bertz CT molecular complexity index is 972. The van der Waals surface area contributed by atoms with E-state index in [9.17, 15) is 19.7 Å². The number of rotatable bonds is 10. The van der Waals surface area contributed by atoms with Gasteiger partial charge in [0.15, 0.2) is 6.61 Å². The molecule has 0 radical (unpaired) electrons. The quantitative estimate of drug-likeness (QED) is 0.433. The van der Waals surface area contributed by atoms with Crippen molar-refractivity contribution in [2.75, 3.05) is 20.3 Å². The van der Waals surface area contributed by atoms with E-state index < -0.39 is 16.5 Å². The minimum absolute atomic E-state index is 0.0313. The Labute approximate surface area is 193 Å². The Kier molecular flexibility index (Phi) is 8.78. The zero-order valence-electron chi connectivity index (χ0n) is 19.7. The maximum atomic E-state index is 13.1. The summed E-state index contributed by atoms with van der Waals surface area (Å²) < 4.78 is 10.6. The van der Waals surface area contributed by atoms with Gasteiger partial charge in [0.2, 0.25) is 11.7 Å². The first-order chi connectivity index (χ1) is 15.5. The van der Waals surface area contributed by atoms with Gasteiger partial charge in [0, 0.05) is 24.2 Å². The summed E-state index contributed by atoms with van der Waals surface area (Å²) in [7, 11) is 1.32. The molecule has 0 aliphatic rings. The first-order valence-corrected chi connectivity index (χ1v) is 10.6. The number of nitro groups is 1. The molecule has 0 unspecified atom stereocenters. The van der Waals surface area contributed by atoms with Crippen LogP contribution in [-0.2, 0) is 16.0 Å². The van der Waals surface area contributed by atoms with E-state index in [-0.39, 0.29) is 35.6 Å². The van der Waals surface area contributed by atoms with E-state index in [0.717, 1.165) is 5.56 Å². The molecule has 0 fully saturated rings. The summed E-state index contributed by atoms with van der Waals surface area (Å²) in [6.45, 7) is 7.30. The molecule has 0 spiro atoms. The van der Waals surface area contributed by atoms with Gasteiger partial charge in [-0.3, -0.25) is 19.7 Å². The maximum absolute atomic E-state index is 13.1. The Morgan fingerprint density at radius 1 is 1.15 bits per heavy atom. The molecule has 0 aliphatic heterocycles. The number of hydrogen-bond donors (Lipinski definition) is 1. The first kappa shape index (κ1) is 25.6. The molecule has 0 aromatic heterocycles. The number of nitrogens with one attached hydrogen (secondary N) is 1. The molecule has 9 nitrogen and oxygen atoms in total. The highest BCUT2D eigenvalue weighted by Gasteiger charge is 2.28. The molecule has 0 heterocycles. The molecule has 2 aromatic carbocycles. The van der Waals surface area contributed by atoms with E-state index in [2.05, 4.69) is 5.32 Å². The van der Waals surface area contributed by atoms with Gasteiger partial charge in [-0.1, -0.05) is 30.3 Å². The zero-order chi connectivity index (χ0) is 24.6. The molecule has 2 rings (SSSR count). The van der Waals surface area contributed by atoms with Crippen molar-refractivity contribution in [3.05, 3.63) is 64.2 Å². The minimum Gasteiger partial charge on any atom is -0.490 e. The first-order valence-electron chi connectivity index (χ1n) is 10.6. The lowest BCUT2D eigenvalue weighted by Gasteiger charge is -2.31. The highest BCUT2D eigenvalue weighted by atomic mass is 16.6. The summed E-state index contributed by atoms with van der Waals surface area (Å²) >= 11 is 0. The second-order valence-corrected chi connectivity index (χ2v) is 8.62. The summed E-state index contributed by atoms with van der Waals surface area (Å²) in [6.07, 6.45) is 0.574. The fourth-order valence-electron chi connectivity index (χ4n) is 3.17. The molecule has 2 amide bonds. The van der Waals surface area contributed by atoms with Crippen LogP contribution >= 0.6 is 0 Å². The summed E-state index contributed by atoms with van der Waals surface area (Å²) in [5.41, 5.74) is 0.401. The topological polar surface area (TPSA) is 111 Å². The highest BCUT2D eigenvalue weighted by Crippen LogP contribution is 2.30. The largest absolute Gasteiger partial charge is 0.490 e. The Hall–Kier alpha value is -3.62. The molecular weight excluding hydrogens is 426 g/mol. The van der Waals surface area contributed by atoms with Gasteiger partial charge in [-0.25, -0.2) is 0 Å². The predicted octanol–water partition coefficient (Wildman–Crippen LogP) is 3.36. The van der Waals surface area contributed by atoms with Gasteiger partial charge in [-0.15, -0.1) is 0 Å². The van der Waals surface area contributed by atoms with Crippen LogP contribution in [0, 0.1) is 10.1 Å². The van der Waals surface area contributed by atoms with Gasteiger partial charge in [0.25, 0.3) is 5.91 Å². The van der Waals surface area contributed by atoms with Crippen molar-refractivity contribution < 1.29 is 24.0 Å². The molecule has 0 bridgehead atoms. The Morgan fingerprint density at radius 3 is 2.39 bits per heavy atom. The van der Waals surface area contributed by atoms with Crippen LogP contribution in [0.5, 0.6) is 11.5 Å². The molecule has 1 N–H and O–H groups in total. The van der Waals surface area contributed by atoms with Crippen LogP contribution in [0.15, 0.2) is 48.5 Å². The molecule has 178 valence electrons. The van der Waals surface area contributed by atoms with Crippen molar-refractivity contribution in [3.8, 4) is 11.5 Å². The number of ether oxygens (including phenoxy) is 2. The second kappa shape index (κ2) is 11.3. The summed E-state index contributed by atoms with van der Waals surface area (Å²) in [5.74, 6) is -0.356. The van der Waals surface area contributed by atoms with Crippen molar-refractivity contribution in [2.24, 2.45) is 0 Å². The van der Waals surface area contributed by atoms with E-state index in [1.807, 2.05) is 51.1 Å². The van der Waals surface area contributed by atoms with Gasteiger partial charge < -0.3 is 19.7 Å². The van der Waals surface area contributed by atoms with E-state index >= 15 is 0 Å². The molecule has 2 aromatic rings.